The second-order valence-electron chi connectivity index (χ2n) is 17.6. The average molecular weight is 799 g/mol. The largest absolute Gasteiger partial charge is 0.309 e. The number of hydrogen-bond acceptors (Lipinski definition) is 3. The monoisotopic (exact) mass is 798 g/mol. The first kappa shape index (κ1) is 36.8. The summed E-state index contributed by atoms with van der Waals surface area (Å²) in [6, 6.07) is 48.5. The Morgan fingerprint density at radius 3 is 1.36 bits per heavy atom. The van der Waals surface area contributed by atoms with Gasteiger partial charge in [0.1, 0.15) is 10.0 Å². The Bertz CT molecular complexity index is 2910. The molecule has 0 aliphatic rings. The first-order valence-electron chi connectivity index (χ1n) is 20.1. The second-order valence-corrected chi connectivity index (χ2v) is 30.0. The fraction of sp³-hybridized carbons (Fsp3) is 0.208. The van der Waals surface area contributed by atoms with Crippen molar-refractivity contribution in [3.63, 3.8) is 0 Å². The van der Waals surface area contributed by atoms with Gasteiger partial charge in [-0.15, -0.1) is 10.2 Å². The van der Waals surface area contributed by atoms with Gasteiger partial charge < -0.3 is 9.13 Å². The van der Waals surface area contributed by atoms with Gasteiger partial charge >= 0.3 is 0 Å². The number of aryl methyl sites for hydroxylation is 1. The molecule has 0 spiro atoms. The molecular formula is C48H50N4SSi3. The van der Waals surface area contributed by atoms with Crippen LogP contribution in [0.3, 0.4) is 0 Å². The van der Waals surface area contributed by atoms with Crippen LogP contribution < -0.4 is 5.19 Å². The molecule has 0 aliphatic heterocycles. The zero-order valence-electron chi connectivity index (χ0n) is 33.8. The molecule has 0 radical (unpaired) electrons. The third-order valence-corrected chi connectivity index (χ3v) is 16.8. The van der Waals surface area contributed by atoms with Crippen molar-refractivity contribution < 1.29 is 0 Å². The minimum atomic E-state index is -1.47. The number of hydrogen-bond donors (Lipinski definition) is 0. The van der Waals surface area contributed by atoms with E-state index in [0.717, 1.165) is 26.8 Å². The van der Waals surface area contributed by atoms with Gasteiger partial charge in [-0.25, -0.2) is 0 Å². The number of nitrogens with zero attached hydrogens (tertiary/aromatic N) is 4. The minimum Gasteiger partial charge on any atom is -0.309 e. The molecule has 0 saturated heterocycles. The predicted octanol–water partition coefficient (Wildman–Crippen LogP) is 12.1. The zero-order chi connectivity index (χ0) is 38.9. The van der Waals surface area contributed by atoms with Crippen LogP contribution in [-0.2, 0) is 12.1 Å². The second kappa shape index (κ2) is 14.3. The van der Waals surface area contributed by atoms with E-state index < -0.39 is 25.7 Å². The Morgan fingerprint density at radius 2 is 0.911 bits per heavy atom. The number of aromatic nitrogens is 4. The molecule has 3 aromatic heterocycles. The van der Waals surface area contributed by atoms with E-state index in [1.54, 1.807) is 11.3 Å². The third kappa shape index (κ3) is 6.72. The lowest BCUT2D eigenvalue weighted by atomic mass is 10.1. The highest BCUT2D eigenvalue weighted by molar-refractivity contribution is 7.17. The highest BCUT2D eigenvalue weighted by atomic mass is 32.1. The molecule has 56 heavy (non-hydrogen) atoms. The Labute approximate surface area is 338 Å². The minimum absolute atomic E-state index is 0.714. The van der Waals surface area contributed by atoms with Gasteiger partial charge in [0.2, 0.25) is 0 Å². The zero-order valence-corrected chi connectivity index (χ0v) is 37.9. The van der Waals surface area contributed by atoms with Crippen LogP contribution in [0.5, 0.6) is 0 Å². The van der Waals surface area contributed by atoms with Crippen molar-refractivity contribution in [3.05, 3.63) is 138 Å². The highest BCUT2D eigenvalue weighted by Gasteiger charge is 2.21. The first-order chi connectivity index (χ1) is 26.9. The quantitative estimate of drug-likeness (QED) is 0.136. The topological polar surface area (TPSA) is 35.6 Å². The maximum absolute atomic E-state index is 4.68. The molecule has 0 aliphatic carbocycles. The van der Waals surface area contributed by atoms with Crippen LogP contribution in [0, 0.1) is 6.92 Å². The molecule has 3 heterocycles. The highest BCUT2D eigenvalue weighted by Crippen LogP contribution is 2.37. The van der Waals surface area contributed by atoms with E-state index in [4.69, 9.17) is 0 Å². The van der Waals surface area contributed by atoms with E-state index in [1.165, 1.54) is 83.3 Å². The van der Waals surface area contributed by atoms with Gasteiger partial charge in [0.15, 0.2) is 0 Å². The number of benzene rings is 6. The summed E-state index contributed by atoms with van der Waals surface area (Å²) in [7, 11) is -2.92. The Morgan fingerprint density at radius 1 is 0.500 bits per heavy atom. The Kier molecular flexibility index (Phi) is 9.36. The van der Waals surface area contributed by atoms with Crippen LogP contribution in [0.15, 0.2) is 121 Å². The van der Waals surface area contributed by atoms with E-state index in [0.29, 0.717) is 0 Å². The van der Waals surface area contributed by atoms with Gasteiger partial charge in [-0.2, -0.15) is 0 Å². The van der Waals surface area contributed by atoms with Crippen molar-refractivity contribution >= 4 is 85.8 Å². The van der Waals surface area contributed by atoms with E-state index in [2.05, 4.69) is 193 Å². The molecule has 0 bridgehead atoms. The molecule has 0 saturated carbocycles. The first-order valence-corrected chi connectivity index (χ1v) is 30.6. The summed E-state index contributed by atoms with van der Waals surface area (Å²) in [6.45, 7) is 19.2. The Balaban J connectivity index is 1.03. The molecule has 9 aromatic rings. The van der Waals surface area contributed by atoms with Crippen molar-refractivity contribution in [2.24, 2.45) is 0 Å². The third-order valence-electron chi connectivity index (χ3n) is 11.1. The van der Waals surface area contributed by atoms with Crippen LogP contribution in [0.4, 0.5) is 0 Å². The normalized spacial score (nSPS) is 12.4. The molecule has 0 atom stereocenters. The van der Waals surface area contributed by atoms with E-state index in [9.17, 15) is 0 Å². The lowest BCUT2D eigenvalue weighted by Crippen LogP contribution is -2.37. The number of rotatable bonds is 9. The van der Waals surface area contributed by atoms with Crippen LogP contribution in [0.1, 0.15) is 16.7 Å². The van der Waals surface area contributed by atoms with Crippen molar-refractivity contribution in [1.82, 2.24) is 19.3 Å². The average Bonchev–Trinajstić information content (AvgIpc) is 3.87. The van der Waals surface area contributed by atoms with Crippen LogP contribution in [0.2, 0.25) is 45.8 Å². The summed E-state index contributed by atoms with van der Waals surface area (Å²) in [6.07, 6.45) is 0. The van der Waals surface area contributed by atoms with E-state index >= 15 is 0 Å². The van der Waals surface area contributed by atoms with E-state index in [-0.39, 0.29) is 0 Å². The molecule has 0 N–H and O–H groups in total. The van der Waals surface area contributed by atoms with Gasteiger partial charge in [-0.1, -0.05) is 109 Å². The predicted molar refractivity (Wildman–Crippen MR) is 252 cm³/mol. The van der Waals surface area contributed by atoms with Crippen LogP contribution >= 0.6 is 11.3 Å². The molecule has 280 valence electrons. The van der Waals surface area contributed by atoms with Gasteiger partial charge in [0, 0.05) is 61.6 Å². The molecule has 0 amide bonds. The standard InChI is InChI=1S/C48H50N4SSi3/c1-31-9-21-43-39(25-31)40-26-32(29-54(2)3)10-22-44(40)51(43)36-16-12-34(13-17-36)47-49-50-48(53-47)35-14-18-37(19-15-35)52-45-23-11-33(30-55(4)5)27-41(45)42-28-38(56(6,7)8)20-24-46(42)52/h9-28,54-55H,29-30H2,1-8H3. The lowest BCUT2D eigenvalue weighted by molar-refractivity contribution is 1.10. The lowest BCUT2D eigenvalue weighted by Gasteiger charge is -2.17. The summed E-state index contributed by atoms with van der Waals surface area (Å²) >= 11 is 1.65. The van der Waals surface area contributed by atoms with Gasteiger partial charge in [0.05, 0.1) is 30.1 Å². The fourth-order valence-corrected chi connectivity index (χ4v) is 12.8. The van der Waals surface area contributed by atoms with Crippen LogP contribution in [0.25, 0.3) is 76.1 Å². The van der Waals surface area contributed by atoms with Gasteiger partial charge in [-0.05, 0) is 110 Å². The molecule has 0 unspecified atom stereocenters. The molecule has 8 heteroatoms. The summed E-state index contributed by atoms with van der Waals surface area (Å²) in [5, 5.41) is 18.1. The summed E-state index contributed by atoms with van der Waals surface area (Å²) in [4.78, 5) is 0. The summed E-state index contributed by atoms with van der Waals surface area (Å²) in [5.41, 5.74) is 13.7. The van der Waals surface area contributed by atoms with Gasteiger partial charge in [0.25, 0.3) is 0 Å². The molecule has 4 nitrogen and oxygen atoms in total. The maximum atomic E-state index is 4.68. The molecule has 9 rings (SSSR count). The molecule has 6 aromatic carbocycles. The van der Waals surface area contributed by atoms with E-state index in [1.807, 2.05) is 0 Å². The number of fused-ring (bicyclic) bond motifs is 6. The van der Waals surface area contributed by atoms with Crippen molar-refractivity contribution in [1.29, 1.82) is 0 Å². The smallest absolute Gasteiger partial charge is 0.148 e. The van der Waals surface area contributed by atoms with Crippen molar-refractivity contribution in [3.8, 4) is 32.5 Å². The van der Waals surface area contributed by atoms with Gasteiger partial charge in [-0.3, -0.25) is 0 Å². The SMILES string of the molecule is Cc1ccc2c(c1)c1cc(C[SiH](C)C)ccc1n2-c1ccc(-c2nnc(-c3ccc(-n4c5ccc(C[SiH](C)C)cc5c5cc([Si](C)(C)C)ccc54)cc3)s2)cc1. The van der Waals surface area contributed by atoms with Crippen molar-refractivity contribution in [2.45, 2.75) is 64.8 Å². The maximum Gasteiger partial charge on any atom is 0.148 e. The molecular weight excluding hydrogens is 749 g/mol. The Hall–Kier alpha value is -4.87. The summed E-state index contributed by atoms with van der Waals surface area (Å²) < 4.78 is 4.85. The fourth-order valence-electron chi connectivity index (χ4n) is 8.44. The van der Waals surface area contributed by atoms with Crippen molar-refractivity contribution in [2.75, 3.05) is 0 Å². The van der Waals surface area contributed by atoms with Crippen LogP contribution in [-0.4, -0.2) is 45.0 Å². The summed E-state index contributed by atoms with van der Waals surface area (Å²) in [5.74, 6) is 0. The molecule has 0 fully saturated rings.